The predicted molar refractivity (Wildman–Crippen MR) is 94.7 cm³/mol. The van der Waals surface area contributed by atoms with E-state index in [0.717, 1.165) is 30.8 Å². The van der Waals surface area contributed by atoms with Gasteiger partial charge in [0, 0.05) is 13.2 Å². The van der Waals surface area contributed by atoms with Crippen LogP contribution in [-0.2, 0) is 6.54 Å². The molecule has 0 amide bonds. The summed E-state index contributed by atoms with van der Waals surface area (Å²) in [6.45, 7) is 9.34. The maximum absolute atomic E-state index is 8.94. The zero-order valence-electron chi connectivity index (χ0n) is 15.4. The summed E-state index contributed by atoms with van der Waals surface area (Å²) >= 11 is 0. The van der Waals surface area contributed by atoms with Crippen LogP contribution in [0.5, 0.6) is 0 Å². The summed E-state index contributed by atoms with van der Waals surface area (Å²) in [5.41, 5.74) is 2.24. The van der Waals surface area contributed by atoms with E-state index in [1.807, 2.05) is 12.3 Å². The molecule has 128 valence electrons. The van der Waals surface area contributed by atoms with Crippen LogP contribution in [-0.4, -0.2) is 49.0 Å². The average Bonchev–Trinajstić information content (AvgIpc) is 2.45. The molecule has 1 aromatic heterocycles. The smallest absolute Gasteiger partial charge is 0.179 e. The van der Waals surface area contributed by atoms with Gasteiger partial charge < -0.3 is 15.1 Å². The molecule has 1 unspecified atom stereocenters. The van der Waals surface area contributed by atoms with E-state index in [1.54, 1.807) is 11.9 Å². The molecule has 1 aromatic rings. The molecule has 0 aliphatic rings. The Morgan fingerprint density at radius 1 is 1.30 bits per heavy atom. The minimum absolute atomic E-state index is 0.0743. The van der Waals surface area contributed by atoms with E-state index in [4.69, 9.17) is 5.26 Å². The molecule has 0 saturated heterocycles. The Bertz CT molecular complexity index is 513. The van der Waals surface area contributed by atoms with Crippen LogP contribution < -0.4 is 5.32 Å². The number of hydrogen-bond donors (Lipinski definition) is 1. The maximum Gasteiger partial charge on any atom is 0.179 e. The zero-order chi connectivity index (χ0) is 17.5. The van der Waals surface area contributed by atoms with Gasteiger partial charge in [-0.1, -0.05) is 20.8 Å². The van der Waals surface area contributed by atoms with Gasteiger partial charge in [0.1, 0.15) is 0 Å². The van der Waals surface area contributed by atoms with Crippen molar-refractivity contribution in [2.24, 2.45) is 5.41 Å². The summed E-state index contributed by atoms with van der Waals surface area (Å²) in [7, 11) is 5.98. The lowest BCUT2D eigenvalue weighted by molar-refractivity contribution is 0.262. The van der Waals surface area contributed by atoms with Crippen LogP contribution in [0.3, 0.4) is 0 Å². The van der Waals surface area contributed by atoms with E-state index >= 15 is 0 Å². The third-order valence-electron chi connectivity index (χ3n) is 3.73. The molecule has 0 saturated carbocycles. The second-order valence-electron chi connectivity index (χ2n) is 7.46. The van der Waals surface area contributed by atoms with E-state index in [2.05, 4.69) is 62.3 Å². The Morgan fingerprint density at radius 2 is 2.00 bits per heavy atom. The van der Waals surface area contributed by atoms with Crippen LogP contribution in [0.15, 0.2) is 18.3 Å². The van der Waals surface area contributed by atoms with Crippen LogP contribution in [0.4, 0.5) is 0 Å². The van der Waals surface area contributed by atoms with Gasteiger partial charge in [-0.3, -0.25) is 4.98 Å². The fourth-order valence-corrected chi connectivity index (χ4v) is 2.56. The summed E-state index contributed by atoms with van der Waals surface area (Å²) in [6.07, 6.45) is 5.09. The van der Waals surface area contributed by atoms with Crippen LogP contribution >= 0.6 is 0 Å². The zero-order valence-corrected chi connectivity index (χ0v) is 15.4. The van der Waals surface area contributed by atoms with Crippen molar-refractivity contribution in [1.82, 2.24) is 20.1 Å². The highest BCUT2D eigenvalue weighted by atomic mass is 15.1. The summed E-state index contributed by atoms with van der Waals surface area (Å²) in [4.78, 5) is 8.40. The Labute approximate surface area is 141 Å². The second kappa shape index (κ2) is 8.85. The molecule has 1 rings (SSSR count). The molecule has 23 heavy (non-hydrogen) atoms. The fraction of sp³-hybridized carbons (Fsp3) is 0.667. The number of pyridine rings is 1. The molecule has 0 aliphatic heterocycles. The Morgan fingerprint density at radius 3 is 2.57 bits per heavy atom. The van der Waals surface area contributed by atoms with E-state index in [0.29, 0.717) is 6.54 Å². The van der Waals surface area contributed by atoms with Gasteiger partial charge in [0.25, 0.3) is 0 Å². The second-order valence-corrected chi connectivity index (χ2v) is 7.46. The normalized spacial score (nSPS) is 13.0. The van der Waals surface area contributed by atoms with Gasteiger partial charge in [-0.15, -0.1) is 0 Å². The van der Waals surface area contributed by atoms with Crippen molar-refractivity contribution < 1.29 is 0 Å². The SMILES string of the molecule is CN(C)CCCNC(c1cc(CN(C)C#N)ccn1)C(C)(C)C. The molecule has 0 aromatic carbocycles. The van der Waals surface area contributed by atoms with Gasteiger partial charge in [-0.05, 0) is 56.7 Å². The third kappa shape index (κ3) is 6.98. The average molecular weight is 317 g/mol. The van der Waals surface area contributed by atoms with Crippen LogP contribution in [0, 0.1) is 16.9 Å². The fourth-order valence-electron chi connectivity index (χ4n) is 2.56. The van der Waals surface area contributed by atoms with Crippen molar-refractivity contribution in [3.05, 3.63) is 29.6 Å². The molecular formula is C18H31N5. The van der Waals surface area contributed by atoms with E-state index in [1.165, 1.54) is 0 Å². The number of rotatable bonds is 8. The van der Waals surface area contributed by atoms with Gasteiger partial charge in [0.15, 0.2) is 6.19 Å². The van der Waals surface area contributed by atoms with Gasteiger partial charge >= 0.3 is 0 Å². The maximum atomic E-state index is 8.94. The van der Waals surface area contributed by atoms with Gasteiger partial charge in [0.05, 0.1) is 18.3 Å². The molecule has 0 aliphatic carbocycles. The highest BCUT2D eigenvalue weighted by molar-refractivity contribution is 5.20. The van der Waals surface area contributed by atoms with Crippen molar-refractivity contribution in [3.63, 3.8) is 0 Å². The Balaban J connectivity index is 2.82. The minimum atomic E-state index is 0.0743. The molecule has 0 spiro atoms. The van der Waals surface area contributed by atoms with Gasteiger partial charge in [-0.25, -0.2) is 0 Å². The highest BCUT2D eigenvalue weighted by Crippen LogP contribution is 2.32. The lowest BCUT2D eigenvalue weighted by Gasteiger charge is -2.32. The summed E-state index contributed by atoms with van der Waals surface area (Å²) in [5, 5.41) is 12.6. The Hall–Kier alpha value is -1.64. The third-order valence-corrected chi connectivity index (χ3v) is 3.73. The van der Waals surface area contributed by atoms with E-state index in [-0.39, 0.29) is 11.5 Å². The van der Waals surface area contributed by atoms with E-state index in [9.17, 15) is 0 Å². The first-order valence-electron chi connectivity index (χ1n) is 8.18. The molecule has 0 radical (unpaired) electrons. The molecule has 0 fully saturated rings. The van der Waals surface area contributed by atoms with Crippen molar-refractivity contribution in [1.29, 1.82) is 5.26 Å². The number of hydrogen-bond acceptors (Lipinski definition) is 5. The van der Waals surface area contributed by atoms with Gasteiger partial charge in [0.2, 0.25) is 0 Å². The molecule has 0 bridgehead atoms. The predicted octanol–water partition coefficient (Wildman–Crippen LogP) is 2.62. The summed E-state index contributed by atoms with van der Waals surface area (Å²) in [5.74, 6) is 0. The molecule has 1 heterocycles. The lowest BCUT2D eigenvalue weighted by atomic mass is 9.84. The van der Waals surface area contributed by atoms with Crippen molar-refractivity contribution in [3.8, 4) is 6.19 Å². The van der Waals surface area contributed by atoms with E-state index < -0.39 is 0 Å². The van der Waals surface area contributed by atoms with Gasteiger partial charge in [-0.2, -0.15) is 5.26 Å². The van der Waals surface area contributed by atoms with Crippen LogP contribution in [0.1, 0.15) is 44.5 Å². The number of nitriles is 1. The largest absolute Gasteiger partial charge is 0.309 e. The molecule has 5 nitrogen and oxygen atoms in total. The first-order chi connectivity index (χ1) is 10.7. The van der Waals surface area contributed by atoms with Crippen molar-refractivity contribution in [2.75, 3.05) is 34.2 Å². The quantitative estimate of drug-likeness (QED) is 0.454. The number of nitrogens with zero attached hydrogens (tertiary/aromatic N) is 4. The molecule has 1 atom stereocenters. The standard InChI is InChI=1S/C18H31N5/c1-18(2,3)17(21-9-7-11-22(4)5)16-12-15(8-10-20-16)13-23(6)14-19/h8,10,12,17,21H,7,9,11,13H2,1-6H3. The topological polar surface area (TPSA) is 55.2 Å². The number of aromatic nitrogens is 1. The van der Waals surface area contributed by atoms with Crippen LogP contribution in [0.25, 0.3) is 0 Å². The summed E-state index contributed by atoms with van der Waals surface area (Å²) < 4.78 is 0. The first-order valence-corrected chi connectivity index (χ1v) is 8.18. The summed E-state index contributed by atoms with van der Waals surface area (Å²) in [6, 6.07) is 4.28. The van der Waals surface area contributed by atoms with Crippen LogP contribution in [0.2, 0.25) is 0 Å². The van der Waals surface area contributed by atoms with Crippen molar-refractivity contribution in [2.45, 2.75) is 39.8 Å². The Kier molecular flexibility index (Phi) is 7.47. The van der Waals surface area contributed by atoms with Crippen molar-refractivity contribution >= 4 is 0 Å². The molecular weight excluding hydrogens is 286 g/mol. The molecule has 5 heteroatoms. The monoisotopic (exact) mass is 317 g/mol. The highest BCUT2D eigenvalue weighted by Gasteiger charge is 2.27. The number of nitrogens with one attached hydrogen (secondary N) is 1. The molecule has 1 N–H and O–H groups in total. The minimum Gasteiger partial charge on any atom is -0.309 e. The lowest BCUT2D eigenvalue weighted by Crippen LogP contribution is -2.34. The first kappa shape index (κ1) is 19.4.